The summed E-state index contributed by atoms with van der Waals surface area (Å²) in [6.45, 7) is 21.9. The summed E-state index contributed by atoms with van der Waals surface area (Å²) in [6, 6.07) is 67.9. The van der Waals surface area contributed by atoms with E-state index in [1.165, 1.54) is 199 Å². The Kier molecular flexibility index (Phi) is 12.5. The smallest absolute Gasteiger partial charge is 0.143 e. The van der Waals surface area contributed by atoms with E-state index in [1.807, 2.05) is 0 Å². The first-order chi connectivity index (χ1) is 46.6. The number of benzene rings is 10. The molecule has 0 N–H and O–H groups in total. The molecule has 0 aliphatic heterocycles. The van der Waals surface area contributed by atoms with E-state index in [9.17, 15) is 0 Å². The molecule has 10 aromatic carbocycles. The Bertz CT molecular complexity index is 5570. The number of unbranched alkanes of at least 4 members (excludes halogenated alkanes) is 4. The van der Waals surface area contributed by atoms with E-state index in [0.717, 1.165) is 47.2 Å². The number of hydrogen-bond donors (Lipinski definition) is 0. The summed E-state index contributed by atoms with van der Waals surface area (Å²) in [4.78, 5) is 0. The lowest BCUT2D eigenvalue weighted by molar-refractivity contribution is 0.480. The molecule has 0 bridgehead atoms. The highest BCUT2D eigenvalue weighted by molar-refractivity contribution is 6.19. The molecule has 470 valence electrons. The maximum absolute atomic E-state index is 7.03. The zero-order valence-corrected chi connectivity index (χ0v) is 57.0. The van der Waals surface area contributed by atoms with Gasteiger partial charge in [-0.1, -0.05) is 258 Å². The quantitative estimate of drug-likeness (QED) is 0.121. The fraction of sp³-hybridized carbons (Fsp3) is 0.255. The highest BCUT2D eigenvalue weighted by Gasteiger charge is 2.44. The molecule has 7 aliphatic rings. The second kappa shape index (κ2) is 20.8. The number of hydrogen-bond acceptors (Lipinski definition) is 2. The van der Waals surface area contributed by atoms with Gasteiger partial charge in [0.2, 0.25) is 0 Å². The molecule has 2 heteroatoms. The molecule has 0 amide bonds. The van der Waals surface area contributed by atoms with Crippen molar-refractivity contribution in [2.75, 3.05) is 0 Å². The summed E-state index contributed by atoms with van der Waals surface area (Å²) in [5.41, 5.74) is 40.3. The Morgan fingerprint density at radius 2 is 1.02 bits per heavy atom. The second-order valence-electron chi connectivity index (χ2n) is 31.3. The van der Waals surface area contributed by atoms with Gasteiger partial charge in [0, 0.05) is 54.7 Å². The van der Waals surface area contributed by atoms with Crippen LogP contribution in [0.2, 0.25) is 0 Å². The Morgan fingerprint density at radius 1 is 0.427 bits per heavy atom. The number of rotatable bonds is 11. The monoisotopic (exact) mass is 1240 g/mol. The van der Waals surface area contributed by atoms with Gasteiger partial charge in [0.25, 0.3) is 0 Å². The molecular formula is C94H82O2. The fourth-order valence-electron chi connectivity index (χ4n) is 19.5. The number of para-hydroxylation sites is 2. The third-order valence-electron chi connectivity index (χ3n) is 24.8. The van der Waals surface area contributed by atoms with Crippen LogP contribution in [0.1, 0.15) is 181 Å². The molecular weight excluding hydrogens is 1160 g/mol. The summed E-state index contributed by atoms with van der Waals surface area (Å²) in [7, 11) is 0. The topological polar surface area (TPSA) is 26.3 Å². The fourth-order valence-corrected chi connectivity index (χ4v) is 19.5. The molecule has 0 radical (unpaired) electrons. The zero-order valence-electron chi connectivity index (χ0n) is 57.0. The van der Waals surface area contributed by atoms with Crippen molar-refractivity contribution < 1.29 is 8.83 Å². The van der Waals surface area contributed by atoms with Crippen LogP contribution in [0.3, 0.4) is 0 Å². The van der Waals surface area contributed by atoms with Gasteiger partial charge in [0.15, 0.2) is 0 Å². The number of furan rings is 2. The molecule has 2 nitrogen and oxygen atoms in total. The van der Waals surface area contributed by atoms with Crippen molar-refractivity contribution >= 4 is 55.0 Å². The summed E-state index contributed by atoms with van der Waals surface area (Å²) in [5, 5.41) is 4.85. The van der Waals surface area contributed by atoms with Crippen molar-refractivity contribution in [3.05, 3.63) is 285 Å². The van der Waals surface area contributed by atoms with Gasteiger partial charge in [-0.2, -0.15) is 0 Å². The molecule has 2 aromatic heterocycles. The minimum Gasteiger partial charge on any atom is -0.456 e. The second-order valence-corrected chi connectivity index (χ2v) is 31.3. The van der Waals surface area contributed by atoms with Crippen LogP contribution >= 0.6 is 0 Å². The Balaban J connectivity index is 0.598. The first-order valence-corrected chi connectivity index (χ1v) is 35.9. The standard InChI is InChI=1S/C94H82O2/c1-10-11-12-13-21-44-94(9)75-25-16-14-15-22-63(75)66-41-36-61(50-81(66)94)60-35-40-65-64-39-34-59(48-78(64)92(5,6)79(65)49-60)57-30-32-58(33-31-57)72-52-82-86(89-69-24-18-20-27-84(69)96-90(72)89)67-38-29-56(47-77(67)93(82,7)8)45-55-28-37-62-70(46-55)54(2)71-51-74-80(53-73(62)71)91(3,4)76-42-43-85-88(87(74)76)68-23-17-19-26-83(68)95-85/h15-20,22-43,47-55H,10-14,21,44-46H2,1-9H3. The van der Waals surface area contributed by atoms with E-state index in [2.05, 4.69) is 275 Å². The summed E-state index contributed by atoms with van der Waals surface area (Å²) in [5.74, 6) is 0.764. The first kappa shape index (κ1) is 57.9. The molecule has 12 aromatic rings. The minimum absolute atomic E-state index is 0.00118. The predicted molar refractivity (Wildman–Crippen MR) is 403 cm³/mol. The highest BCUT2D eigenvalue weighted by Crippen LogP contribution is 2.60. The van der Waals surface area contributed by atoms with Crippen LogP contribution in [-0.2, 0) is 28.1 Å². The minimum atomic E-state index is -0.236. The van der Waals surface area contributed by atoms with Crippen molar-refractivity contribution in [2.45, 2.75) is 148 Å². The average molecular weight is 1240 g/mol. The summed E-state index contributed by atoms with van der Waals surface area (Å²) >= 11 is 0. The van der Waals surface area contributed by atoms with E-state index in [0.29, 0.717) is 11.8 Å². The molecule has 0 spiro atoms. The van der Waals surface area contributed by atoms with Gasteiger partial charge in [-0.15, -0.1) is 0 Å². The molecule has 0 fully saturated rings. The third-order valence-corrected chi connectivity index (χ3v) is 24.8. The van der Waals surface area contributed by atoms with Crippen LogP contribution in [0, 0.1) is 5.92 Å². The number of allylic oxidation sites excluding steroid dienone is 10. The van der Waals surface area contributed by atoms with Crippen molar-refractivity contribution in [3.63, 3.8) is 0 Å². The molecule has 0 saturated heterocycles. The van der Waals surface area contributed by atoms with Crippen LogP contribution in [0.4, 0.5) is 0 Å². The van der Waals surface area contributed by atoms with Crippen molar-refractivity contribution in [2.24, 2.45) is 5.92 Å². The molecule has 0 saturated carbocycles. The zero-order chi connectivity index (χ0) is 64.9. The summed E-state index contributed by atoms with van der Waals surface area (Å²) in [6.07, 6.45) is 25.3. The van der Waals surface area contributed by atoms with E-state index in [-0.39, 0.29) is 21.7 Å². The SMILES string of the molecule is CCCCCCCC1(C)C2=C(C=CCC=C2)c2ccc(-c3ccc4c(c3)C(C)(C)c3cc(-c5ccc(-c6cc7c(c8c6oc6ccccc68)-c6ccc(CC8C=CC9=C(C8)C(C)c8cc%10c(cc89)C(C)(C)c8ccc9oc%11ccccc%11c9c8-%10)cc6C7(C)C)cc5)ccc3-4)cc21. The maximum Gasteiger partial charge on any atom is 0.143 e. The normalized spacial score (nSPS) is 19.8. The molecule has 96 heavy (non-hydrogen) atoms. The van der Waals surface area contributed by atoms with Crippen molar-refractivity contribution in [3.8, 4) is 66.8 Å². The highest BCUT2D eigenvalue weighted by atomic mass is 16.3. The molecule has 19 rings (SSSR count). The van der Waals surface area contributed by atoms with Crippen LogP contribution < -0.4 is 0 Å². The van der Waals surface area contributed by atoms with Crippen LogP contribution in [-0.4, -0.2) is 0 Å². The van der Waals surface area contributed by atoms with Gasteiger partial charge in [-0.25, -0.2) is 0 Å². The van der Waals surface area contributed by atoms with E-state index >= 15 is 0 Å². The Hall–Kier alpha value is -9.50. The summed E-state index contributed by atoms with van der Waals surface area (Å²) < 4.78 is 13.5. The van der Waals surface area contributed by atoms with E-state index in [4.69, 9.17) is 8.83 Å². The van der Waals surface area contributed by atoms with Gasteiger partial charge in [-0.05, 0) is 225 Å². The predicted octanol–water partition coefficient (Wildman–Crippen LogP) is 26.0. The lowest BCUT2D eigenvalue weighted by Gasteiger charge is -2.29. The van der Waals surface area contributed by atoms with Crippen LogP contribution in [0.25, 0.3) is 122 Å². The van der Waals surface area contributed by atoms with Gasteiger partial charge < -0.3 is 8.83 Å². The Morgan fingerprint density at radius 3 is 1.78 bits per heavy atom. The average Bonchev–Trinajstić information content (AvgIpc) is 1.55. The first-order valence-electron chi connectivity index (χ1n) is 35.9. The molecule has 3 unspecified atom stereocenters. The number of fused-ring (bicyclic) bond motifs is 21. The van der Waals surface area contributed by atoms with Crippen molar-refractivity contribution in [1.82, 2.24) is 0 Å². The van der Waals surface area contributed by atoms with E-state index in [1.54, 1.807) is 5.57 Å². The Labute approximate surface area is 565 Å². The van der Waals surface area contributed by atoms with Gasteiger partial charge in [0.05, 0.1) is 0 Å². The van der Waals surface area contributed by atoms with E-state index < -0.39 is 0 Å². The van der Waals surface area contributed by atoms with Gasteiger partial charge >= 0.3 is 0 Å². The van der Waals surface area contributed by atoms with Gasteiger partial charge in [-0.3, -0.25) is 0 Å². The maximum atomic E-state index is 7.03. The van der Waals surface area contributed by atoms with Crippen LogP contribution in [0.5, 0.6) is 0 Å². The van der Waals surface area contributed by atoms with Gasteiger partial charge in [0.1, 0.15) is 22.3 Å². The largest absolute Gasteiger partial charge is 0.456 e. The molecule has 2 heterocycles. The van der Waals surface area contributed by atoms with Crippen LogP contribution in [0.15, 0.2) is 232 Å². The molecule has 7 aliphatic carbocycles. The van der Waals surface area contributed by atoms with Crippen molar-refractivity contribution in [1.29, 1.82) is 0 Å². The third kappa shape index (κ3) is 8.17. The lowest BCUT2D eigenvalue weighted by Crippen LogP contribution is -2.21. The molecule has 3 atom stereocenters. The lowest BCUT2D eigenvalue weighted by atomic mass is 9.74.